The number of fused-ring (bicyclic) bond motifs is 12. The minimum absolute atomic E-state index is 0.0993. The van der Waals surface area contributed by atoms with Crippen LogP contribution in [0.15, 0.2) is 152 Å². The fourth-order valence-electron chi connectivity index (χ4n) is 9.11. The van der Waals surface area contributed by atoms with E-state index in [9.17, 15) is 0 Å². The van der Waals surface area contributed by atoms with Crippen LogP contribution < -0.4 is 11.1 Å². The summed E-state index contributed by atoms with van der Waals surface area (Å²) < 4.78 is 2.87. The summed E-state index contributed by atoms with van der Waals surface area (Å²) in [6.45, 7) is 4.73. The van der Waals surface area contributed by atoms with Crippen LogP contribution in [0.25, 0.3) is 33.4 Å². The first-order valence-electron chi connectivity index (χ1n) is 16.9. The van der Waals surface area contributed by atoms with Gasteiger partial charge in [-0.05, 0) is 0 Å². The third kappa shape index (κ3) is 4.12. The second kappa shape index (κ2) is 10.8. The van der Waals surface area contributed by atoms with E-state index < -0.39 is 5.41 Å². The van der Waals surface area contributed by atoms with Crippen molar-refractivity contribution in [3.63, 3.8) is 0 Å². The van der Waals surface area contributed by atoms with E-state index in [1.165, 1.54) is 90.1 Å². The topological polar surface area (TPSA) is 3.24 Å². The zero-order valence-electron chi connectivity index (χ0n) is 27.4. The Labute approximate surface area is 320 Å². The number of rotatable bonds is 2. The van der Waals surface area contributed by atoms with Crippen LogP contribution in [-0.2, 0) is 10.8 Å². The van der Waals surface area contributed by atoms with Gasteiger partial charge in [0, 0.05) is 0 Å². The average Bonchev–Trinajstić information content (AvgIpc) is 3.57. The Morgan fingerprint density at radius 3 is 1.47 bits per heavy atom. The molecule has 0 aromatic heterocycles. The van der Waals surface area contributed by atoms with E-state index in [2.05, 4.69) is 170 Å². The number of para-hydroxylation sites is 2. The molecule has 3 aliphatic rings. The summed E-state index contributed by atoms with van der Waals surface area (Å²) in [5, 5.41) is 0. The number of benzene rings is 7. The molecule has 228 valence electrons. The number of hydrogen-bond donors (Lipinski definition) is 0. The molecule has 1 heterocycles. The minimum atomic E-state index is -0.398. The van der Waals surface area contributed by atoms with Gasteiger partial charge in [0.05, 0.1) is 0 Å². The van der Waals surface area contributed by atoms with Crippen LogP contribution in [0, 0.1) is 0 Å². The second-order valence-electron chi connectivity index (χ2n) is 14.1. The molecule has 10 rings (SSSR count). The van der Waals surface area contributed by atoms with Crippen molar-refractivity contribution >= 4 is 74.8 Å². The molecule has 0 saturated carbocycles. The van der Waals surface area contributed by atoms with Crippen LogP contribution in [0.2, 0.25) is 0 Å². The van der Waals surface area contributed by atoms with E-state index in [0.717, 1.165) is 51.5 Å². The van der Waals surface area contributed by atoms with Gasteiger partial charge in [0.25, 0.3) is 0 Å². The van der Waals surface area contributed by atoms with E-state index in [0.29, 0.717) is 0 Å². The number of nitrogens with zero attached hydrogens (tertiary/aromatic N) is 1. The molecule has 0 unspecified atom stereocenters. The summed E-state index contributed by atoms with van der Waals surface area (Å²) >= 11 is 2.02. The van der Waals surface area contributed by atoms with Crippen LogP contribution in [0.4, 0.5) is 17.1 Å². The van der Waals surface area contributed by atoms with Crippen molar-refractivity contribution in [3.05, 3.63) is 185 Å². The predicted molar refractivity (Wildman–Crippen MR) is 206 cm³/mol. The number of anilines is 3. The summed E-state index contributed by atoms with van der Waals surface area (Å²) in [4.78, 5) is 2.52. The van der Waals surface area contributed by atoms with Crippen LogP contribution in [-0.4, -0.2) is 51.5 Å². The van der Waals surface area contributed by atoms with Gasteiger partial charge in [-0.1, -0.05) is 0 Å². The predicted octanol–water partition coefficient (Wildman–Crippen LogP) is 9.39. The molecule has 1 nitrogen and oxygen atoms in total. The molecule has 0 N–H and O–H groups in total. The molecule has 0 atom stereocenters. The van der Waals surface area contributed by atoms with Gasteiger partial charge >= 0.3 is 323 Å². The summed E-state index contributed by atoms with van der Waals surface area (Å²) in [5.74, 6) is 0. The van der Waals surface area contributed by atoms with Crippen molar-refractivity contribution in [2.24, 2.45) is 0 Å². The zero-order chi connectivity index (χ0) is 33.1. The van der Waals surface area contributed by atoms with Gasteiger partial charge in [-0.3, -0.25) is 0 Å². The third-order valence-corrected chi connectivity index (χ3v) is 13.7. The van der Waals surface area contributed by atoms with Crippen LogP contribution in [0.5, 0.6) is 0 Å². The fourth-order valence-corrected chi connectivity index (χ4v) is 10.9. The van der Waals surface area contributed by atoms with E-state index in [4.69, 9.17) is 0 Å². The average molecular weight is 1010 g/mol. The molecule has 7 aromatic rings. The first kappa shape index (κ1) is 30.0. The van der Waals surface area contributed by atoms with Crippen molar-refractivity contribution < 1.29 is 0 Å². The van der Waals surface area contributed by atoms with Gasteiger partial charge in [0.1, 0.15) is 0 Å². The van der Waals surface area contributed by atoms with Crippen LogP contribution in [0.1, 0.15) is 47.2 Å². The monoisotopic (exact) mass is 1010 g/mol. The quantitative estimate of drug-likeness (QED) is 0.156. The van der Waals surface area contributed by atoms with E-state index in [1.54, 1.807) is 0 Å². The summed E-state index contributed by atoms with van der Waals surface area (Å²) in [6, 6.07) is 58.0. The second-order valence-corrected chi connectivity index (χ2v) is 18.6. The Morgan fingerprint density at radius 1 is 0.408 bits per heavy atom. The van der Waals surface area contributed by atoms with Gasteiger partial charge in [0.2, 0.25) is 0 Å². The molecule has 1 spiro atoms. The summed E-state index contributed by atoms with van der Waals surface area (Å²) in [5.41, 5.74) is 19.6. The van der Waals surface area contributed by atoms with Gasteiger partial charge in [-0.15, -0.1) is 0 Å². The molecule has 0 fully saturated rings. The van der Waals surface area contributed by atoms with Crippen LogP contribution >= 0.6 is 0 Å². The van der Waals surface area contributed by atoms with Crippen molar-refractivity contribution in [1.29, 1.82) is 0 Å². The number of hydrogen-bond acceptors (Lipinski definition) is 1. The van der Waals surface area contributed by atoms with Crippen molar-refractivity contribution in [2.75, 3.05) is 4.90 Å². The van der Waals surface area contributed by atoms with E-state index in [1.807, 2.05) is 0 Å². The Bertz CT molecular complexity index is 2410. The molecule has 0 bridgehead atoms. The SMILES string of the molecule is CC1(C)c2ccccc2N(c2ccc3c(c2)C2(c4c[c]([Pb])ccc4-c4cc[c]([Pb])cc42)c2cc(-c4ccccc4)ccc2-3)c2ccccc21. The van der Waals surface area contributed by atoms with E-state index >= 15 is 0 Å². The Balaban J connectivity index is 1.30. The first-order valence-corrected chi connectivity index (χ1v) is 20.8. The maximum absolute atomic E-state index is 2.54. The Morgan fingerprint density at radius 2 is 0.878 bits per heavy atom. The first-order chi connectivity index (χ1) is 23.9. The molecule has 3 heteroatoms. The maximum atomic E-state index is 2.54. The van der Waals surface area contributed by atoms with Crippen LogP contribution in [0.3, 0.4) is 0 Å². The zero-order valence-corrected chi connectivity index (χ0v) is 35.2. The molecule has 1 aliphatic heterocycles. The fraction of sp³-hybridized carbons (Fsp3) is 0.0870. The molecule has 2 aliphatic carbocycles. The molecule has 6 radical (unpaired) electrons. The Hall–Kier alpha value is -3.82. The molecule has 0 saturated heterocycles. The summed E-state index contributed by atoms with van der Waals surface area (Å²) in [6.07, 6.45) is 0. The van der Waals surface area contributed by atoms with Gasteiger partial charge < -0.3 is 0 Å². The van der Waals surface area contributed by atoms with E-state index in [-0.39, 0.29) is 5.41 Å². The third-order valence-electron chi connectivity index (χ3n) is 11.3. The molecule has 49 heavy (non-hydrogen) atoms. The van der Waals surface area contributed by atoms with Gasteiger partial charge in [-0.2, -0.15) is 0 Å². The molecule has 0 amide bonds. The molecular formula is C46H31NPb2. The normalized spacial score (nSPS) is 15.2. The standard InChI is InChI=1S/C46H31N.2Pb/c1-45(2)39-20-10-12-22-43(39)47(44-23-13-11-21-40(44)45)32-25-27-36-35-26-24-31(30-14-4-3-5-15-30)28-41(35)46(42(36)29-32)37-18-8-6-16-33(37)34-17-7-9-19-38(34)46;;/h3-7,10-29H,1-2H3;;. The van der Waals surface area contributed by atoms with Gasteiger partial charge in [-0.25, -0.2) is 0 Å². The van der Waals surface area contributed by atoms with Crippen molar-refractivity contribution in [3.8, 4) is 33.4 Å². The Kier molecular flexibility index (Phi) is 6.65. The molecule has 7 aromatic carbocycles. The van der Waals surface area contributed by atoms with Gasteiger partial charge in [0.15, 0.2) is 0 Å². The van der Waals surface area contributed by atoms with Crippen molar-refractivity contribution in [1.82, 2.24) is 0 Å². The van der Waals surface area contributed by atoms with Crippen molar-refractivity contribution in [2.45, 2.75) is 24.7 Å². The molecular weight excluding hydrogens is 981 g/mol. The summed E-state index contributed by atoms with van der Waals surface area (Å²) in [7, 11) is 0.